The van der Waals surface area contributed by atoms with E-state index in [1.807, 2.05) is 13.8 Å². The van der Waals surface area contributed by atoms with Gasteiger partial charge in [0.15, 0.2) is 0 Å². The second-order valence-corrected chi connectivity index (χ2v) is 2.92. The topological polar surface area (TPSA) is 3.24 Å². The van der Waals surface area contributed by atoms with E-state index in [4.69, 9.17) is 0 Å². The average molecular weight is 173 g/mol. The molecule has 0 aliphatic carbocycles. The second kappa shape index (κ2) is 11.0. The molecule has 0 N–H and O–H groups in total. The highest BCUT2D eigenvalue weighted by atomic mass is 15.1. The molecule has 0 aromatic rings. The first-order valence-electron chi connectivity index (χ1n) is 5.46. The van der Waals surface area contributed by atoms with E-state index in [1.54, 1.807) is 0 Å². The number of nitrogens with zero attached hydrogens (tertiary/aromatic N) is 1. The zero-order valence-corrected chi connectivity index (χ0v) is 9.85. The molecule has 0 fully saturated rings. The van der Waals surface area contributed by atoms with Crippen LogP contribution in [0.1, 0.15) is 53.9 Å². The zero-order chi connectivity index (χ0) is 9.98. The Labute approximate surface area is 79.2 Å². The van der Waals surface area contributed by atoms with Crippen molar-refractivity contribution in [2.75, 3.05) is 13.6 Å². The fourth-order valence-electron chi connectivity index (χ4n) is 1.33. The van der Waals surface area contributed by atoms with Gasteiger partial charge in [-0.3, -0.25) is 0 Å². The summed E-state index contributed by atoms with van der Waals surface area (Å²) in [6.45, 7) is 11.9. The molecule has 0 bridgehead atoms. The quantitative estimate of drug-likeness (QED) is 0.614. The molecule has 0 aliphatic rings. The van der Waals surface area contributed by atoms with Crippen molar-refractivity contribution in [3.05, 3.63) is 0 Å². The highest BCUT2D eigenvalue weighted by molar-refractivity contribution is 4.64. The van der Waals surface area contributed by atoms with Gasteiger partial charge in [-0.1, -0.05) is 41.0 Å². The molecule has 0 spiro atoms. The van der Waals surface area contributed by atoms with Crippen LogP contribution in [0.4, 0.5) is 0 Å². The molecule has 76 valence electrons. The maximum atomic E-state index is 2.43. The number of hydrogen-bond donors (Lipinski definition) is 0. The second-order valence-electron chi connectivity index (χ2n) is 2.92. The Bertz CT molecular complexity index is 71.4. The van der Waals surface area contributed by atoms with Crippen molar-refractivity contribution in [3.63, 3.8) is 0 Å². The van der Waals surface area contributed by atoms with Crippen LogP contribution in [0.3, 0.4) is 0 Å². The van der Waals surface area contributed by atoms with Crippen molar-refractivity contribution in [1.82, 2.24) is 4.90 Å². The van der Waals surface area contributed by atoms with E-state index in [0.717, 1.165) is 6.04 Å². The normalized spacial score (nSPS) is 12.2. The predicted octanol–water partition coefficient (Wildman–Crippen LogP) is 3.54. The third-order valence-corrected chi connectivity index (χ3v) is 2.22. The Morgan fingerprint density at radius 3 is 1.83 bits per heavy atom. The molecule has 12 heavy (non-hydrogen) atoms. The predicted molar refractivity (Wildman–Crippen MR) is 58.6 cm³/mol. The molecule has 1 unspecified atom stereocenters. The molecule has 0 aromatic heterocycles. The molecule has 1 nitrogen and oxygen atoms in total. The maximum absolute atomic E-state index is 2.43. The minimum Gasteiger partial charge on any atom is -0.304 e. The first-order chi connectivity index (χ1) is 5.76. The minimum absolute atomic E-state index is 0.815. The van der Waals surface area contributed by atoms with Gasteiger partial charge < -0.3 is 4.90 Å². The summed E-state index contributed by atoms with van der Waals surface area (Å²) in [7, 11) is 2.21. The average Bonchev–Trinajstić information content (AvgIpc) is 2.16. The molecule has 0 heterocycles. The van der Waals surface area contributed by atoms with Crippen LogP contribution >= 0.6 is 0 Å². The van der Waals surface area contributed by atoms with E-state index in [9.17, 15) is 0 Å². The first-order valence-corrected chi connectivity index (χ1v) is 5.46. The molecule has 0 aromatic carbocycles. The molecular weight excluding hydrogens is 146 g/mol. The van der Waals surface area contributed by atoms with Crippen molar-refractivity contribution < 1.29 is 0 Å². The van der Waals surface area contributed by atoms with E-state index in [-0.39, 0.29) is 0 Å². The zero-order valence-electron chi connectivity index (χ0n) is 9.85. The van der Waals surface area contributed by atoms with Gasteiger partial charge in [-0.2, -0.15) is 0 Å². The lowest BCUT2D eigenvalue weighted by Gasteiger charge is -2.25. The van der Waals surface area contributed by atoms with Crippen LogP contribution in [0.15, 0.2) is 0 Å². The van der Waals surface area contributed by atoms with Crippen molar-refractivity contribution >= 4 is 0 Å². The molecule has 0 amide bonds. The third kappa shape index (κ3) is 6.66. The van der Waals surface area contributed by atoms with Crippen LogP contribution in [-0.4, -0.2) is 24.5 Å². The lowest BCUT2D eigenvalue weighted by molar-refractivity contribution is 0.234. The molecule has 1 heteroatoms. The fourth-order valence-corrected chi connectivity index (χ4v) is 1.33. The SMILES string of the molecule is CC.CCCC(CC)N(C)CC. The van der Waals surface area contributed by atoms with Crippen LogP contribution in [0.25, 0.3) is 0 Å². The summed E-state index contributed by atoms with van der Waals surface area (Å²) in [6, 6.07) is 0.815. The number of hydrogen-bond acceptors (Lipinski definition) is 1. The van der Waals surface area contributed by atoms with E-state index < -0.39 is 0 Å². The molecule has 0 radical (unpaired) electrons. The van der Waals surface area contributed by atoms with Crippen molar-refractivity contribution in [2.24, 2.45) is 0 Å². The van der Waals surface area contributed by atoms with Gasteiger partial charge in [0.2, 0.25) is 0 Å². The smallest absolute Gasteiger partial charge is 0.00893 e. The molecule has 0 aliphatic heterocycles. The molecule has 0 saturated heterocycles. The highest BCUT2D eigenvalue weighted by Crippen LogP contribution is 2.07. The van der Waals surface area contributed by atoms with Crippen LogP contribution in [0.5, 0.6) is 0 Å². The number of rotatable bonds is 5. The van der Waals surface area contributed by atoms with Crippen molar-refractivity contribution in [1.29, 1.82) is 0 Å². The first kappa shape index (κ1) is 14.5. The highest BCUT2D eigenvalue weighted by Gasteiger charge is 2.08. The summed E-state index contributed by atoms with van der Waals surface area (Å²) >= 11 is 0. The van der Waals surface area contributed by atoms with Gasteiger partial charge in [0, 0.05) is 6.04 Å². The van der Waals surface area contributed by atoms with Gasteiger partial charge in [-0.15, -0.1) is 0 Å². The molecule has 1 atom stereocenters. The Morgan fingerprint density at radius 1 is 1.08 bits per heavy atom. The molecular formula is C11H27N. The van der Waals surface area contributed by atoms with Crippen molar-refractivity contribution in [3.8, 4) is 0 Å². The Balaban J connectivity index is 0. The maximum Gasteiger partial charge on any atom is 0.00893 e. The minimum atomic E-state index is 0.815. The summed E-state index contributed by atoms with van der Waals surface area (Å²) in [4.78, 5) is 2.43. The van der Waals surface area contributed by atoms with Gasteiger partial charge in [-0.25, -0.2) is 0 Å². The van der Waals surface area contributed by atoms with E-state index in [1.165, 1.54) is 25.8 Å². The largest absolute Gasteiger partial charge is 0.304 e. The van der Waals surface area contributed by atoms with Crippen LogP contribution < -0.4 is 0 Å². The van der Waals surface area contributed by atoms with Gasteiger partial charge >= 0.3 is 0 Å². The van der Waals surface area contributed by atoms with Gasteiger partial charge in [-0.05, 0) is 26.4 Å². The lowest BCUT2D eigenvalue weighted by Crippen LogP contribution is -2.30. The standard InChI is InChI=1S/C9H21N.C2H6/c1-5-8-9(6-2)10(4)7-3;1-2/h9H,5-8H2,1-4H3;1-2H3. The molecule has 0 rings (SSSR count). The monoisotopic (exact) mass is 173 g/mol. The van der Waals surface area contributed by atoms with E-state index >= 15 is 0 Å². The Morgan fingerprint density at radius 2 is 1.58 bits per heavy atom. The summed E-state index contributed by atoms with van der Waals surface area (Å²) in [5.41, 5.74) is 0. The molecule has 0 saturated carbocycles. The van der Waals surface area contributed by atoms with Crippen LogP contribution in [0, 0.1) is 0 Å². The lowest BCUT2D eigenvalue weighted by atomic mass is 10.1. The Hall–Kier alpha value is -0.0400. The summed E-state index contributed by atoms with van der Waals surface area (Å²) in [6.07, 6.45) is 3.95. The van der Waals surface area contributed by atoms with Gasteiger partial charge in [0.25, 0.3) is 0 Å². The van der Waals surface area contributed by atoms with E-state index in [0.29, 0.717) is 0 Å². The van der Waals surface area contributed by atoms with Crippen LogP contribution in [0.2, 0.25) is 0 Å². The van der Waals surface area contributed by atoms with Gasteiger partial charge in [0.1, 0.15) is 0 Å². The summed E-state index contributed by atoms with van der Waals surface area (Å²) in [5, 5.41) is 0. The third-order valence-electron chi connectivity index (χ3n) is 2.22. The van der Waals surface area contributed by atoms with Gasteiger partial charge in [0.05, 0.1) is 0 Å². The van der Waals surface area contributed by atoms with Crippen molar-refractivity contribution in [2.45, 2.75) is 59.9 Å². The fraction of sp³-hybridized carbons (Fsp3) is 1.00. The van der Waals surface area contributed by atoms with Crippen LogP contribution in [-0.2, 0) is 0 Å². The Kier molecular flexibility index (Phi) is 13.2. The van der Waals surface area contributed by atoms with E-state index in [2.05, 4.69) is 32.7 Å². The summed E-state index contributed by atoms with van der Waals surface area (Å²) < 4.78 is 0. The summed E-state index contributed by atoms with van der Waals surface area (Å²) in [5.74, 6) is 0.